The summed E-state index contributed by atoms with van der Waals surface area (Å²) in [5.74, 6) is 0.727. The third kappa shape index (κ3) is 4.40. The summed E-state index contributed by atoms with van der Waals surface area (Å²) >= 11 is 1.23. The highest BCUT2D eigenvalue weighted by Gasteiger charge is 2.52. The first-order chi connectivity index (χ1) is 10.6. The zero-order valence-electron chi connectivity index (χ0n) is 14.3. The van der Waals surface area contributed by atoms with E-state index >= 15 is 0 Å². The van der Waals surface area contributed by atoms with Crippen LogP contribution in [0.3, 0.4) is 0 Å². The van der Waals surface area contributed by atoms with Crippen LogP contribution in [-0.2, 0) is 14.1 Å². The Morgan fingerprint density at radius 1 is 1.17 bits per heavy atom. The van der Waals surface area contributed by atoms with Gasteiger partial charge in [0.1, 0.15) is 5.75 Å². The molecule has 0 saturated carbocycles. The molecule has 124 valence electrons. The fourth-order valence-electron chi connectivity index (χ4n) is 2.14. The zero-order chi connectivity index (χ0) is 17.3. The molecule has 4 nitrogen and oxygen atoms in total. The van der Waals surface area contributed by atoms with Crippen LogP contribution < -0.4 is 0 Å². The molecule has 1 fully saturated rings. The molecule has 0 atom stereocenters. The molecule has 1 aliphatic rings. The maximum atomic E-state index is 11.3. The van der Waals surface area contributed by atoms with Crippen LogP contribution in [-0.4, -0.2) is 34.3 Å². The average molecular weight is 334 g/mol. The van der Waals surface area contributed by atoms with Gasteiger partial charge < -0.3 is 14.4 Å². The lowest BCUT2D eigenvalue weighted by atomic mass is 9.78. The van der Waals surface area contributed by atoms with E-state index in [9.17, 15) is 9.90 Å². The lowest BCUT2D eigenvalue weighted by molar-refractivity contribution is -0.109. The number of aromatic hydroxyl groups is 1. The number of benzene rings is 1. The normalized spacial score (nSPS) is 19.9. The number of rotatable bonds is 4. The summed E-state index contributed by atoms with van der Waals surface area (Å²) in [6.45, 7) is 9.56. The summed E-state index contributed by atoms with van der Waals surface area (Å²) in [4.78, 5) is 11.3. The summed E-state index contributed by atoms with van der Waals surface area (Å²) < 4.78 is 12.2. The second kappa shape index (κ2) is 6.71. The van der Waals surface area contributed by atoms with Crippen molar-refractivity contribution in [2.24, 2.45) is 0 Å². The van der Waals surface area contributed by atoms with Gasteiger partial charge >= 0.3 is 7.12 Å². The van der Waals surface area contributed by atoms with Gasteiger partial charge in [-0.2, -0.15) is 0 Å². The van der Waals surface area contributed by atoms with E-state index in [1.54, 1.807) is 19.1 Å². The molecular weight excluding hydrogens is 311 g/mol. The molecule has 0 bridgehead atoms. The van der Waals surface area contributed by atoms with Gasteiger partial charge in [0, 0.05) is 12.7 Å². The number of hydrogen-bond acceptors (Lipinski definition) is 5. The Bertz CT molecular complexity index is 592. The molecule has 23 heavy (non-hydrogen) atoms. The maximum absolute atomic E-state index is 11.3. The van der Waals surface area contributed by atoms with Crippen molar-refractivity contribution in [2.75, 3.05) is 5.75 Å². The molecule has 1 N–H and O–H groups in total. The third-order valence-electron chi connectivity index (χ3n) is 4.24. The first-order valence-electron chi connectivity index (χ1n) is 7.59. The van der Waals surface area contributed by atoms with Gasteiger partial charge in [-0.05, 0) is 50.9 Å². The Labute approximate surface area is 142 Å². The molecule has 6 heteroatoms. The molecule has 1 aliphatic heterocycles. The summed E-state index contributed by atoms with van der Waals surface area (Å²) in [6, 6.07) is 6.90. The first-order valence-corrected chi connectivity index (χ1v) is 8.58. The van der Waals surface area contributed by atoms with E-state index < -0.39 is 18.3 Å². The van der Waals surface area contributed by atoms with Crippen LogP contribution in [0.4, 0.5) is 0 Å². The molecule has 0 amide bonds. The van der Waals surface area contributed by atoms with E-state index in [1.165, 1.54) is 11.8 Å². The van der Waals surface area contributed by atoms with Crippen molar-refractivity contribution in [1.29, 1.82) is 0 Å². The standard InChI is InChI=1S/C17H23BO4S/c1-12(19)23-11-14(10-13-6-8-15(20)9-7-13)18-21-16(2,3)17(4,5)22-18/h6-10,20H,11H2,1-5H3. The summed E-state index contributed by atoms with van der Waals surface area (Å²) in [6.07, 6.45) is 1.96. The highest BCUT2D eigenvalue weighted by molar-refractivity contribution is 8.13. The van der Waals surface area contributed by atoms with E-state index in [0.29, 0.717) is 5.75 Å². The Morgan fingerprint density at radius 2 is 1.70 bits per heavy atom. The average Bonchev–Trinajstić information content (AvgIpc) is 2.65. The predicted molar refractivity (Wildman–Crippen MR) is 95.3 cm³/mol. The Morgan fingerprint density at radius 3 is 2.17 bits per heavy atom. The van der Waals surface area contributed by atoms with Crippen molar-refractivity contribution in [3.63, 3.8) is 0 Å². The molecular formula is C17H23BO4S. The molecule has 1 saturated heterocycles. The molecule has 0 spiro atoms. The summed E-state index contributed by atoms with van der Waals surface area (Å²) in [5, 5.41) is 9.45. The van der Waals surface area contributed by atoms with Crippen LogP contribution in [0.2, 0.25) is 0 Å². The summed E-state index contributed by atoms with van der Waals surface area (Å²) in [7, 11) is -0.486. The molecule has 1 aromatic rings. The minimum absolute atomic E-state index is 0.0538. The van der Waals surface area contributed by atoms with Crippen LogP contribution in [0.1, 0.15) is 40.2 Å². The first kappa shape index (κ1) is 18.1. The molecule has 2 rings (SSSR count). The van der Waals surface area contributed by atoms with Gasteiger partial charge in [0.2, 0.25) is 0 Å². The van der Waals surface area contributed by atoms with E-state index in [2.05, 4.69) is 0 Å². The fourth-order valence-corrected chi connectivity index (χ4v) is 2.73. The largest absolute Gasteiger partial charge is 0.508 e. The van der Waals surface area contributed by atoms with E-state index in [1.807, 2.05) is 45.9 Å². The Hall–Kier alpha value is -1.24. The fraction of sp³-hybridized carbons (Fsp3) is 0.471. The highest BCUT2D eigenvalue weighted by Crippen LogP contribution is 2.39. The number of carbonyl (C=O) groups is 1. The predicted octanol–water partition coefficient (Wildman–Crippen LogP) is 3.69. The lowest BCUT2D eigenvalue weighted by Gasteiger charge is -2.32. The van der Waals surface area contributed by atoms with Crippen LogP contribution >= 0.6 is 11.8 Å². The topological polar surface area (TPSA) is 55.8 Å². The van der Waals surface area contributed by atoms with Gasteiger partial charge in [0.05, 0.1) is 11.2 Å². The van der Waals surface area contributed by atoms with Crippen molar-refractivity contribution in [2.45, 2.75) is 45.8 Å². The minimum Gasteiger partial charge on any atom is -0.508 e. The van der Waals surface area contributed by atoms with Crippen molar-refractivity contribution >= 4 is 30.1 Å². The van der Waals surface area contributed by atoms with Crippen molar-refractivity contribution in [3.05, 3.63) is 35.3 Å². The molecule has 0 aliphatic carbocycles. The van der Waals surface area contributed by atoms with E-state index in [-0.39, 0.29) is 10.9 Å². The van der Waals surface area contributed by atoms with Crippen molar-refractivity contribution in [3.8, 4) is 5.75 Å². The lowest BCUT2D eigenvalue weighted by Crippen LogP contribution is -2.41. The van der Waals surface area contributed by atoms with Gasteiger partial charge in [-0.15, -0.1) is 0 Å². The van der Waals surface area contributed by atoms with Crippen LogP contribution in [0.15, 0.2) is 29.7 Å². The number of carbonyl (C=O) groups excluding carboxylic acids is 1. The monoisotopic (exact) mass is 334 g/mol. The highest BCUT2D eigenvalue weighted by atomic mass is 32.2. The Kier molecular flexibility index (Phi) is 5.28. The van der Waals surface area contributed by atoms with Gasteiger partial charge in [-0.1, -0.05) is 30.0 Å². The smallest absolute Gasteiger partial charge is 0.491 e. The Balaban J connectivity index is 2.28. The van der Waals surface area contributed by atoms with Crippen LogP contribution in [0.5, 0.6) is 5.75 Å². The number of hydrogen-bond donors (Lipinski definition) is 1. The van der Waals surface area contributed by atoms with Gasteiger partial charge in [-0.3, -0.25) is 4.79 Å². The molecule has 1 heterocycles. The van der Waals surface area contributed by atoms with Gasteiger partial charge in [0.15, 0.2) is 5.12 Å². The van der Waals surface area contributed by atoms with E-state index in [4.69, 9.17) is 9.31 Å². The van der Waals surface area contributed by atoms with Crippen molar-refractivity contribution in [1.82, 2.24) is 0 Å². The molecule has 0 radical (unpaired) electrons. The molecule has 0 unspecified atom stereocenters. The number of thioether (sulfide) groups is 1. The minimum atomic E-state index is -0.486. The number of phenolic OH excluding ortho intramolecular Hbond substituents is 1. The maximum Gasteiger partial charge on any atom is 0.491 e. The second-order valence-electron chi connectivity index (χ2n) is 6.68. The van der Waals surface area contributed by atoms with Gasteiger partial charge in [-0.25, -0.2) is 0 Å². The molecule has 0 aromatic heterocycles. The van der Waals surface area contributed by atoms with Crippen LogP contribution in [0.25, 0.3) is 6.08 Å². The molecule has 1 aromatic carbocycles. The van der Waals surface area contributed by atoms with Crippen LogP contribution in [0, 0.1) is 0 Å². The van der Waals surface area contributed by atoms with Gasteiger partial charge in [0.25, 0.3) is 0 Å². The zero-order valence-corrected chi connectivity index (χ0v) is 15.1. The second-order valence-corrected chi connectivity index (χ2v) is 7.83. The summed E-state index contributed by atoms with van der Waals surface area (Å²) in [5.41, 5.74) is 0.977. The third-order valence-corrected chi connectivity index (χ3v) is 5.13. The SMILES string of the molecule is CC(=O)SCC(=Cc1ccc(O)cc1)B1OC(C)(C)C(C)(C)O1. The van der Waals surface area contributed by atoms with Crippen molar-refractivity contribution < 1.29 is 19.2 Å². The number of phenols is 1. The van der Waals surface area contributed by atoms with E-state index in [0.717, 1.165) is 11.0 Å². The quantitative estimate of drug-likeness (QED) is 0.851.